The van der Waals surface area contributed by atoms with E-state index < -0.39 is 0 Å². The molecule has 1 aromatic rings. The smallest absolute Gasteiger partial charge is 0.132 e. The lowest BCUT2D eigenvalue weighted by atomic mass is 9.90. The van der Waals surface area contributed by atoms with Gasteiger partial charge in [-0.1, -0.05) is 20.8 Å². The summed E-state index contributed by atoms with van der Waals surface area (Å²) in [5.41, 5.74) is 2.93. The highest BCUT2D eigenvalue weighted by molar-refractivity contribution is 5.47. The highest BCUT2D eigenvalue weighted by atomic mass is 15.0. The largest absolute Gasteiger partial charge is 0.369 e. The second-order valence-corrected chi connectivity index (χ2v) is 5.73. The number of aryl methyl sites for hydroxylation is 1. The predicted octanol–water partition coefficient (Wildman–Crippen LogP) is 3.20. The van der Waals surface area contributed by atoms with Crippen molar-refractivity contribution in [2.24, 2.45) is 5.41 Å². The molecule has 0 aromatic carbocycles. The average molecular weight is 233 g/mol. The minimum atomic E-state index is 0.326. The molecule has 0 unspecified atom stereocenters. The lowest BCUT2D eigenvalue weighted by Crippen LogP contribution is -2.24. The fourth-order valence-electron chi connectivity index (χ4n) is 2.12. The van der Waals surface area contributed by atoms with E-state index in [2.05, 4.69) is 36.1 Å². The number of hydrogen-bond acceptors (Lipinski definition) is 3. The first kappa shape index (κ1) is 12.3. The van der Waals surface area contributed by atoms with E-state index >= 15 is 0 Å². The Hall–Kier alpha value is -1.12. The molecule has 1 N–H and O–H groups in total. The van der Waals surface area contributed by atoms with E-state index in [4.69, 9.17) is 0 Å². The zero-order valence-electron chi connectivity index (χ0n) is 11.2. The molecule has 0 radical (unpaired) electrons. The van der Waals surface area contributed by atoms with Gasteiger partial charge in [-0.2, -0.15) is 0 Å². The highest BCUT2D eigenvalue weighted by Crippen LogP contribution is 2.26. The molecule has 17 heavy (non-hydrogen) atoms. The molecule has 3 heteroatoms. The summed E-state index contributed by atoms with van der Waals surface area (Å²) in [6.45, 7) is 7.78. The molecule has 3 nitrogen and oxygen atoms in total. The number of nitrogens with zero attached hydrogens (tertiary/aromatic N) is 2. The third-order valence-electron chi connectivity index (χ3n) is 3.82. The van der Waals surface area contributed by atoms with E-state index in [0.717, 1.165) is 25.2 Å². The number of anilines is 1. The van der Waals surface area contributed by atoms with Crippen molar-refractivity contribution in [3.8, 4) is 0 Å². The van der Waals surface area contributed by atoms with Crippen molar-refractivity contribution in [1.82, 2.24) is 9.97 Å². The van der Waals surface area contributed by atoms with E-state index in [1.807, 2.05) is 0 Å². The van der Waals surface area contributed by atoms with Gasteiger partial charge < -0.3 is 5.32 Å². The Kier molecular flexibility index (Phi) is 3.65. The van der Waals surface area contributed by atoms with Gasteiger partial charge in [0.25, 0.3) is 0 Å². The van der Waals surface area contributed by atoms with E-state index in [0.29, 0.717) is 5.41 Å². The van der Waals surface area contributed by atoms with Crippen LogP contribution in [0.5, 0.6) is 0 Å². The quantitative estimate of drug-likeness (QED) is 0.867. The van der Waals surface area contributed by atoms with Gasteiger partial charge >= 0.3 is 0 Å². The van der Waals surface area contributed by atoms with Crippen LogP contribution in [0, 0.1) is 5.41 Å². The van der Waals surface area contributed by atoms with Crippen molar-refractivity contribution in [3.05, 3.63) is 17.6 Å². The summed E-state index contributed by atoms with van der Waals surface area (Å²) >= 11 is 0. The van der Waals surface area contributed by atoms with Crippen LogP contribution in [-0.2, 0) is 12.8 Å². The second-order valence-electron chi connectivity index (χ2n) is 5.73. The Morgan fingerprint density at radius 1 is 1.24 bits per heavy atom. The summed E-state index contributed by atoms with van der Waals surface area (Å²) in [6, 6.07) is 0. The lowest BCUT2D eigenvalue weighted by molar-refractivity contribution is 0.376. The van der Waals surface area contributed by atoms with E-state index in [1.54, 1.807) is 6.33 Å². The van der Waals surface area contributed by atoms with Crippen LogP contribution < -0.4 is 5.32 Å². The molecule has 0 amide bonds. The molecule has 0 atom stereocenters. The van der Waals surface area contributed by atoms with Crippen LogP contribution in [0.15, 0.2) is 6.33 Å². The van der Waals surface area contributed by atoms with Gasteiger partial charge in [0.15, 0.2) is 0 Å². The minimum absolute atomic E-state index is 0.326. The van der Waals surface area contributed by atoms with Gasteiger partial charge in [0.05, 0.1) is 0 Å². The number of hydrogen-bond donors (Lipinski definition) is 1. The Bertz CT molecular complexity index is 385. The molecule has 0 saturated heterocycles. The van der Waals surface area contributed by atoms with E-state index in [9.17, 15) is 0 Å². The molecular weight excluding hydrogens is 210 g/mol. The summed E-state index contributed by atoms with van der Waals surface area (Å²) < 4.78 is 0. The third-order valence-corrected chi connectivity index (χ3v) is 3.82. The summed E-state index contributed by atoms with van der Waals surface area (Å²) in [7, 11) is 0. The van der Waals surface area contributed by atoms with Gasteiger partial charge in [0.1, 0.15) is 12.1 Å². The lowest BCUT2D eigenvalue weighted by Gasteiger charge is -2.25. The van der Waals surface area contributed by atoms with Gasteiger partial charge in [0.2, 0.25) is 0 Å². The zero-order valence-corrected chi connectivity index (χ0v) is 11.2. The van der Waals surface area contributed by atoms with E-state index in [-0.39, 0.29) is 0 Å². The molecule has 0 saturated carbocycles. The molecular formula is C14H23N3. The van der Waals surface area contributed by atoms with Crippen molar-refractivity contribution in [3.63, 3.8) is 0 Å². The first-order chi connectivity index (χ1) is 8.12. The van der Waals surface area contributed by atoms with Crippen molar-refractivity contribution >= 4 is 5.82 Å². The molecule has 94 valence electrons. The third kappa shape index (κ3) is 2.96. The number of nitrogens with one attached hydrogen (secondary N) is 1. The monoisotopic (exact) mass is 233 g/mol. The van der Waals surface area contributed by atoms with Gasteiger partial charge in [-0.25, -0.2) is 9.97 Å². The van der Waals surface area contributed by atoms with E-state index in [1.165, 1.54) is 30.5 Å². The summed E-state index contributed by atoms with van der Waals surface area (Å²) in [5, 5.41) is 3.51. The number of aromatic nitrogens is 2. The first-order valence-electron chi connectivity index (χ1n) is 6.69. The Balaban J connectivity index is 2.11. The molecule has 1 aliphatic carbocycles. The molecule has 1 heterocycles. The molecule has 1 aliphatic rings. The standard InChI is InChI=1S/C14H23N3/c1-4-14(2,3)9-15-13-11-7-5-6-8-12(11)16-10-17-13/h10H,4-9H2,1-3H3,(H,15,16,17). The topological polar surface area (TPSA) is 37.8 Å². The number of rotatable bonds is 4. The van der Waals surface area contributed by atoms with Crippen molar-refractivity contribution < 1.29 is 0 Å². The van der Waals surface area contributed by atoms with Crippen molar-refractivity contribution in [1.29, 1.82) is 0 Å². The number of fused-ring (bicyclic) bond motifs is 1. The summed E-state index contributed by atoms with van der Waals surface area (Å²) in [6.07, 6.45) is 7.66. The maximum Gasteiger partial charge on any atom is 0.132 e. The van der Waals surface area contributed by atoms with Crippen molar-refractivity contribution in [2.45, 2.75) is 52.9 Å². The molecule has 0 fully saturated rings. The van der Waals surface area contributed by atoms with Crippen LogP contribution in [-0.4, -0.2) is 16.5 Å². The molecule has 0 bridgehead atoms. The van der Waals surface area contributed by atoms with Crippen LogP contribution >= 0.6 is 0 Å². The minimum Gasteiger partial charge on any atom is -0.369 e. The zero-order chi connectivity index (χ0) is 12.3. The van der Waals surface area contributed by atoms with Gasteiger partial charge in [-0.3, -0.25) is 0 Å². The van der Waals surface area contributed by atoms with Crippen LogP contribution in [0.3, 0.4) is 0 Å². The summed E-state index contributed by atoms with van der Waals surface area (Å²) in [4.78, 5) is 8.80. The average Bonchev–Trinajstić information content (AvgIpc) is 2.36. The Labute approximate surface area is 104 Å². The fraction of sp³-hybridized carbons (Fsp3) is 0.714. The van der Waals surface area contributed by atoms with Crippen molar-refractivity contribution in [2.75, 3.05) is 11.9 Å². The first-order valence-corrected chi connectivity index (χ1v) is 6.69. The highest BCUT2D eigenvalue weighted by Gasteiger charge is 2.18. The fourth-order valence-corrected chi connectivity index (χ4v) is 2.12. The maximum absolute atomic E-state index is 4.41. The maximum atomic E-state index is 4.41. The second kappa shape index (κ2) is 5.03. The molecule has 0 aliphatic heterocycles. The molecule has 1 aromatic heterocycles. The van der Waals surface area contributed by atoms with Crippen LogP contribution in [0.25, 0.3) is 0 Å². The van der Waals surface area contributed by atoms with Gasteiger partial charge in [0, 0.05) is 17.8 Å². The normalized spacial score (nSPS) is 15.5. The Morgan fingerprint density at radius 2 is 2.00 bits per heavy atom. The van der Waals surface area contributed by atoms with Crippen LogP contribution in [0.2, 0.25) is 0 Å². The predicted molar refractivity (Wildman–Crippen MR) is 71.2 cm³/mol. The Morgan fingerprint density at radius 3 is 2.76 bits per heavy atom. The van der Waals surface area contributed by atoms with Gasteiger partial charge in [-0.15, -0.1) is 0 Å². The van der Waals surface area contributed by atoms with Crippen LogP contribution in [0.4, 0.5) is 5.82 Å². The molecule has 0 spiro atoms. The summed E-state index contributed by atoms with van der Waals surface area (Å²) in [5.74, 6) is 1.07. The molecule has 2 rings (SSSR count). The SMILES string of the molecule is CCC(C)(C)CNc1ncnc2c1CCCC2. The van der Waals surface area contributed by atoms with Crippen LogP contribution in [0.1, 0.15) is 51.3 Å². The van der Waals surface area contributed by atoms with Gasteiger partial charge in [-0.05, 0) is 37.5 Å².